The highest BCUT2D eigenvalue weighted by Gasteiger charge is 2.31. The lowest BCUT2D eigenvalue weighted by Crippen LogP contribution is -2.26. The fourth-order valence-corrected chi connectivity index (χ4v) is 2.29. The van der Waals surface area contributed by atoms with Crippen LogP contribution in [0.4, 0.5) is 0 Å². The topological polar surface area (TPSA) is 52.6 Å². The van der Waals surface area contributed by atoms with Crippen LogP contribution in [-0.2, 0) is 19.1 Å². The molecule has 0 amide bonds. The Bertz CT molecular complexity index is 423. The van der Waals surface area contributed by atoms with E-state index in [9.17, 15) is 9.59 Å². The molecule has 1 aliphatic carbocycles. The average Bonchev–Trinajstić information content (AvgIpc) is 2.69. The van der Waals surface area contributed by atoms with Crippen LogP contribution in [0.5, 0.6) is 0 Å². The third kappa shape index (κ3) is 6.04. The zero-order valence-corrected chi connectivity index (χ0v) is 14.0. The predicted molar refractivity (Wildman–Crippen MR) is 86.2 cm³/mol. The van der Waals surface area contributed by atoms with Crippen LogP contribution in [0.3, 0.4) is 0 Å². The number of hydrogen-bond donors (Lipinski definition) is 0. The standard InChI is InChI=1S/C18H28O4/c1-4-6-11-21-17(19)15-10-8-9-14(3)13-16(15)18(20)22-12-7-5-2/h8-10,14,16H,4-7,11-13H2,1-3H3. The van der Waals surface area contributed by atoms with Crippen molar-refractivity contribution in [3.63, 3.8) is 0 Å². The maximum absolute atomic E-state index is 12.3. The molecule has 4 heteroatoms. The zero-order chi connectivity index (χ0) is 16.4. The Balaban J connectivity index is 2.74. The van der Waals surface area contributed by atoms with Gasteiger partial charge >= 0.3 is 11.9 Å². The molecular weight excluding hydrogens is 280 g/mol. The molecule has 2 unspecified atom stereocenters. The van der Waals surface area contributed by atoms with E-state index >= 15 is 0 Å². The van der Waals surface area contributed by atoms with E-state index in [4.69, 9.17) is 9.47 Å². The van der Waals surface area contributed by atoms with Crippen LogP contribution in [0.1, 0.15) is 52.9 Å². The van der Waals surface area contributed by atoms with Crippen LogP contribution >= 0.6 is 0 Å². The average molecular weight is 308 g/mol. The van der Waals surface area contributed by atoms with E-state index in [2.05, 4.69) is 0 Å². The molecule has 4 nitrogen and oxygen atoms in total. The van der Waals surface area contributed by atoms with Gasteiger partial charge in [-0.05, 0) is 25.2 Å². The molecular formula is C18H28O4. The maximum Gasteiger partial charge on any atom is 0.334 e. The van der Waals surface area contributed by atoms with Crippen molar-refractivity contribution in [2.24, 2.45) is 11.8 Å². The first kappa shape index (κ1) is 18.5. The van der Waals surface area contributed by atoms with Gasteiger partial charge in [0.1, 0.15) is 0 Å². The SMILES string of the molecule is CCCCOC(=O)C1=CC=CC(C)CC1C(=O)OCCCC. The van der Waals surface area contributed by atoms with Gasteiger partial charge in [-0.25, -0.2) is 4.79 Å². The Morgan fingerprint density at radius 1 is 1.14 bits per heavy atom. The first-order valence-corrected chi connectivity index (χ1v) is 8.32. The molecule has 0 radical (unpaired) electrons. The van der Waals surface area contributed by atoms with Gasteiger partial charge in [0, 0.05) is 0 Å². The quantitative estimate of drug-likeness (QED) is 0.505. The summed E-state index contributed by atoms with van der Waals surface area (Å²) in [6.45, 7) is 6.91. The molecule has 2 atom stereocenters. The second-order valence-corrected chi connectivity index (χ2v) is 5.78. The van der Waals surface area contributed by atoms with Gasteiger partial charge < -0.3 is 9.47 Å². The molecule has 22 heavy (non-hydrogen) atoms. The van der Waals surface area contributed by atoms with Crippen molar-refractivity contribution in [3.8, 4) is 0 Å². The Morgan fingerprint density at radius 3 is 2.41 bits per heavy atom. The van der Waals surface area contributed by atoms with Gasteiger partial charge in [-0.2, -0.15) is 0 Å². The molecule has 0 bridgehead atoms. The Kier molecular flexibility index (Phi) is 8.56. The third-order valence-electron chi connectivity index (χ3n) is 3.69. The molecule has 1 rings (SSSR count). The van der Waals surface area contributed by atoms with Crippen LogP contribution in [0.2, 0.25) is 0 Å². The lowest BCUT2D eigenvalue weighted by Gasteiger charge is -2.19. The lowest BCUT2D eigenvalue weighted by molar-refractivity contribution is -0.151. The highest BCUT2D eigenvalue weighted by atomic mass is 16.5. The summed E-state index contributed by atoms with van der Waals surface area (Å²) in [5.41, 5.74) is 0.415. The number of unbranched alkanes of at least 4 members (excludes halogenated alkanes) is 2. The van der Waals surface area contributed by atoms with Crippen molar-refractivity contribution in [3.05, 3.63) is 23.8 Å². The molecule has 0 saturated carbocycles. The van der Waals surface area contributed by atoms with Crippen molar-refractivity contribution in [1.29, 1.82) is 0 Å². The van der Waals surface area contributed by atoms with Crippen LogP contribution in [0.15, 0.2) is 23.8 Å². The molecule has 0 aromatic heterocycles. The molecule has 0 N–H and O–H groups in total. The molecule has 0 spiro atoms. The predicted octanol–water partition coefficient (Wildman–Crippen LogP) is 3.81. The van der Waals surface area contributed by atoms with Gasteiger partial charge in [0.05, 0.1) is 24.7 Å². The second-order valence-electron chi connectivity index (χ2n) is 5.78. The van der Waals surface area contributed by atoms with Crippen molar-refractivity contribution >= 4 is 11.9 Å². The molecule has 0 heterocycles. The van der Waals surface area contributed by atoms with Crippen molar-refractivity contribution in [2.45, 2.75) is 52.9 Å². The molecule has 124 valence electrons. The number of allylic oxidation sites excluding steroid dienone is 3. The smallest absolute Gasteiger partial charge is 0.334 e. The highest BCUT2D eigenvalue weighted by Crippen LogP contribution is 2.27. The van der Waals surface area contributed by atoms with E-state index in [-0.39, 0.29) is 11.9 Å². The number of hydrogen-bond acceptors (Lipinski definition) is 4. The molecule has 0 aliphatic heterocycles. The van der Waals surface area contributed by atoms with Crippen LogP contribution in [0.25, 0.3) is 0 Å². The first-order chi connectivity index (χ1) is 10.6. The Hall–Kier alpha value is -1.58. The van der Waals surface area contributed by atoms with Gasteiger partial charge in [-0.3, -0.25) is 4.79 Å². The number of rotatable bonds is 8. The first-order valence-electron chi connectivity index (χ1n) is 8.32. The summed E-state index contributed by atoms with van der Waals surface area (Å²) >= 11 is 0. The second kappa shape index (κ2) is 10.2. The minimum absolute atomic E-state index is 0.223. The van der Waals surface area contributed by atoms with Crippen molar-refractivity contribution in [2.75, 3.05) is 13.2 Å². The van der Waals surface area contributed by atoms with Gasteiger partial charge in [0.2, 0.25) is 0 Å². The summed E-state index contributed by atoms with van der Waals surface area (Å²) in [7, 11) is 0. The summed E-state index contributed by atoms with van der Waals surface area (Å²) < 4.78 is 10.6. The molecule has 0 fully saturated rings. The van der Waals surface area contributed by atoms with Gasteiger partial charge in [-0.1, -0.05) is 51.8 Å². The number of esters is 2. The lowest BCUT2D eigenvalue weighted by atomic mass is 9.91. The minimum atomic E-state index is -0.531. The van der Waals surface area contributed by atoms with E-state index in [1.54, 1.807) is 6.08 Å². The summed E-state index contributed by atoms with van der Waals surface area (Å²) in [5, 5.41) is 0. The Morgan fingerprint density at radius 2 is 1.77 bits per heavy atom. The largest absolute Gasteiger partial charge is 0.465 e. The summed E-state index contributed by atoms with van der Waals surface area (Å²) in [6, 6.07) is 0. The minimum Gasteiger partial charge on any atom is -0.465 e. The summed E-state index contributed by atoms with van der Waals surface area (Å²) in [6.07, 6.45) is 9.71. The van der Waals surface area contributed by atoms with E-state index in [1.165, 1.54) is 0 Å². The van der Waals surface area contributed by atoms with E-state index in [0.29, 0.717) is 25.2 Å². The van der Waals surface area contributed by atoms with Crippen molar-refractivity contribution in [1.82, 2.24) is 0 Å². The van der Waals surface area contributed by atoms with Crippen LogP contribution < -0.4 is 0 Å². The number of ether oxygens (including phenoxy) is 2. The maximum atomic E-state index is 12.3. The van der Waals surface area contributed by atoms with Crippen LogP contribution in [0, 0.1) is 11.8 Å². The van der Waals surface area contributed by atoms with E-state index < -0.39 is 11.9 Å². The van der Waals surface area contributed by atoms with E-state index in [1.807, 2.05) is 32.9 Å². The number of carbonyl (C=O) groups excluding carboxylic acids is 2. The highest BCUT2D eigenvalue weighted by molar-refractivity contribution is 5.96. The fourth-order valence-electron chi connectivity index (χ4n) is 2.29. The third-order valence-corrected chi connectivity index (χ3v) is 3.69. The van der Waals surface area contributed by atoms with Gasteiger partial charge in [-0.15, -0.1) is 0 Å². The van der Waals surface area contributed by atoms with Crippen LogP contribution in [-0.4, -0.2) is 25.2 Å². The van der Waals surface area contributed by atoms with E-state index in [0.717, 1.165) is 25.7 Å². The van der Waals surface area contributed by atoms with Gasteiger partial charge in [0.15, 0.2) is 0 Å². The van der Waals surface area contributed by atoms with Crippen molar-refractivity contribution < 1.29 is 19.1 Å². The molecule has 1 aliphatic rings. The zero-order valence-electron chi connectivity index (χ0n) is 14.0. The normalized spacial score (nSPS) is 21.0. The monoisotopic (exact) mass is 308 g/mol. The van der Waals surface area contributed by atoms with Gasteiger partial charge in [0.25, 0.3) is 0 Å². The molecule has 0 aromatic carbocycles. The summed E-state index contributed by atoms with van der Waals surface area (Å²) in [5.74, 6) is -1.02. The summed E-state index contributed by atoms with van der Waals surface area (Å²) in [4.78, 5) is 24.6. The number of carbonyl (C=O) groups is 2. The Labute approximate surface area is 133 Å². The fraction of sp³-hybridized carbons (Fsp3) is 0.667. The molecule has 0 saturated heterocycles. The molecule has 0 aromatic rings.